The molecule has 0 aromatic heterocycles. The van der Waals surface area contributed by atoms with Crippen LogP contribution in [0.15, 0.2) is 72.9 Å². The number of carbonyl (C=O) groups excluding carboxylic acids is 1. The van der Waals surface area contributed by atoms with Crippen LogP contribution >= 0.6 is 0 Å². The van der Waals surface area contributed by atoms with E-state index in [1.54, 1.807) is 6.08 Å². The highest BCUT2D eigenvalue weighted by Crippen LogP contribution is 2.23. The van der Waals surface area contributed by atoms with Crippen LogP contribution in [0.1, 0.15) is 219 Å². The summed E-state index contributed by atoms with van der Waals surface area (Å²) in [5, 5.41) is 54.4. The van der Waals surface area contributed by atoms with Gasteiger partial charge < -0.3 is 40.3 Å². The van der Waals surface area contributed by atoms with Crippen LogP contribution in [0.2, 0.25) is 0 Å². The quantitative estimate of drug-likeness (QED) is 0.0261. The molecule has 0 spiro atoms. The van der Waals surface area contributed by atoms with Crippen LogP contribution in [0.25, 0.3) is 0 Å². The number of amides is 1. The first-order valence-electron chi connectivity index (χ1n) is 26.7. The molecule has 6 N–H and O–H groups in total. The van der Waals surface area contributed by atoms with E-state index in [9.17, 15) is 30.3 Å². The maximum atomic E-state index is 13.0. The van der Waals surface area contributed by atoms with Crippen LogP contribution in [0, 0.1) is 0 Å². The molecule has 9 heteroatoms. The number of ether oxygens (including phenoxy) is 2. The average Bonchev–Trinajstić information content (AvgIpc) is 3.31. The van der Waals surface area contributed by atoms with Crippen LogP contribution in [-0.2, 0) is 14.3 Å². The number of allylic oxidation sites excluding steroid dienone is 11. The number of carbonyl (C=O) groups is 1. The van der Waals surface area contributed by atoms with Gasteiger partial charge in [0.15, 0.2) is 6.29 Å². The highest BCUT2D eigenvalue weighted by Gasteiger charge is 2.44. The largest absolute Gasteiger partial charge is 0.394 e. The van der Waals surface area contributed by atoms with Crippen LogP contribution in [-0.4, -0.2) is 87.5 Å². The second-order valence-electron chi connectivity index (χ2n) is 18.3. The fraction of sp³-hybridized carbons (Fsp3) is 0.768. The summed E-state index contributed by atoms with van der Waals surface area (Å²) in [7, 11) is 0. The predicted molar refractivity (Wildman–Crippen MR) is 272 cm³/mol. The summed E-state index contributed by atoms with van der Waals surface area (Å²) < 4.78 is 11.2. The van der Waals surface area contributed by atoms with Crippen molar-refractivity contribution in [3.8, 4) is 0 Å². The molecule has 9 nitrogen and oxygen atoms in total. The number of aliphatic hydroxyl groups excluding tert-OH is 5. The highest BCUT2D eigenvalue weighted by molar-refractivity contribution is 5.76. The molecule has 1 aliphatic heterocycles. The first-order chi connectivity index (χ1) is 31.8. The van der Waals surface area contributed by atoms with Gasteiger partial charge in [0.1, 0.15) is 24.4 Å². The Morgan fingerprint density at radius 2 is 0.954 bits per heavy atom. The van der Waals surface area contributed by atoms with E-state index in [4.69, 9.17) is 9.47 Å². The fourth-order valence-electron chi connectivity index (χ4n) is 8.07. The topological polar surface area (TPSA) is 149 Å². The molecule has 0 aromatic carbocycles. The van der Waals surface area contributed by atoms with E-state index in [1.165, 1.54) is 116 Å². The molecule has 1 fully saturated rings. The van der Waals surface area contributed by atoms with Gasteiger partial charge in [0, 0.05) is 6.42 Å². The third-order valence-corrected chi connectivity index (χ3v) is 12.3. The van der Waals surface area contributed by atoms with Gasteiger partial charge in [0.2, 0.25) is 5.91 Å². The van der Waals surface area contributed by atoms with E-state index in [2.05, 4.69) is 79.9 Å². The molecule has 0 saturated carbocycles. The second-order valence-corrected chi connectivity index (χ2v) is 18.3. The molecule has 1 aliphatic rings. The lowest BCUT2D eigenvalue weighted by atomic mass is 9.99. The minimum Gasteiger partial charge on any atom is -0.394 e. The van der Waals surface area contributed by atoms with Crippen LogP contribution in [0.3, 0.4) is 0 Å². The van der Waals surface area contributed by atoms with Gasteiger partial charge in [-0.05, 0) is 64.2 Å². The van der Waals surface area contributed by atoms with Gasteiger partial charge in [-0.1, -0.05) is 222 Å². The summed E-state index contributed by atoms with van der Waals surface area (Å²) >= 11 is 0. The second kappa shape index (κ2) is 45.4. The van der Waals surface area contributed by atoms with Crippen LogP contribution < -0.4 is 5.32 Å². The Labute approximate surface area is 398 Å². The maximum absolute atomic E-state index is 13.0. The minimum atomic E-state index is -1.57. The molecule has 376 valence electrons. The smallest absolute Gasteiger partial charge is 0.220 e. The van der Waals surface area contributed by atoms with Gasteiger partial charge >= 0.3 is 0 Å². The molecule has 7 atom stereocenters. The van der Waals surface area contributed by atoms with Crippen molar-refractivity contribution in [1.29, 1.82) is 0 Å². The Bertz CT molecular complexity index is 1240. The third kappa shape index (κ3) is 35.4. The standard InChI is InChI=1S/C56H99NO8/c1-3-5-7-9-11-13-15-17-19-21-23-24-25-26-28-30-32-34-36-38-40-42-44-46-52(60)57-49(48-64-56-55(63)54(62)53(61)51(47-58)65-56)50(59)45-43-41-39-37-35-33-31-29-27-22-20-18-16-14-12-10-8-6-4-2/h5,7,11,13,17,19,23-24,26,28,43,45,49-51,53-56,58-59,61-63H,3-4,6,8-10,12,14-16,18,20-22,25,27,29-42,44,46-48H2,1-2H3,(H,57,60)/b7-5-,13-11-,19-17-,24-23-,28-26-,45-43+. The van der Waals surface area contributed by atoms with Gasteiger partial charge in [0.25, 0.3) is 0 Å². The normalized spacial score (nSPS) is 20.5. The Balaban J connectivity index is 2.30. The average molecular weight is 914 g/mol. The van der Waals surface area contributed by atoms with Gasteiger partial charge in [-0.3, -0.25) is 4.79 Å². The summed E-state index contributed by atoms with van der Waals surface area (Å²) in [5.41, 5.74) is 0. The molecule has 0 bridgehead atoms. The summed E-state index contributed by atoms with van der Waals surface area (Å²) in [5.74, 6) is -0.190. The fourth-order valence-corrected chi connectivity index (χ4v) is 8.07. The molecular weight excluding hydrogens is 815 g/mol. The lowest BCUT2D eigenvalue weighted by Gasteiger charge is -2.40. The third-order valence-electron chi connectivity index (χ3n) is 12.3. The van der Waals surface area contributed by atoms with E-state index in [0.717, 1.165) is 83.5 Å². The lowest BCUT2D eigenvalue weighted by Crippen LogP contribution is -2.60. The first-order valence-corrected chi connectivity index (χ1v) is 26.7. The number of aliphatic hydroxyl groups is 5. The Kier molecular flexibility index (Phi) is 42.4. The molecule has 65 heavy (non-hydrogen) atoms. The number of nitrogens with one attached hydrogen (secondary N) is 1. The summed E-state index contributed by atoms with van der Waals surface area (Å²) in [4.78, 5) is 13.0. The van der Waals surface area contributed by atoms with Crippen molar-refractivity contribution in [2.75, 3.05) is 13.2 Å². The summed E-state index contributed by atoms with van der Waals surface area (Å²) in [6, 6.07) is -0.815. The Morgan fingerprint density at radius 3 is 1.42 bits per heavy atom. The zero-order chi connectivity index (χ0) is 47.3. The minimum absolute atomic E-state index is 0.190. The lowest BCUT2D eigenvalue weighted by molar-refractivity contribution is -0.302. The van der Waals surface area contributed by atoms with Gasteiger partial charge in [0.05, 0.1) is 25.4 Å². The first kappa shape index (κ1) is 60.6. The van der Waals surface area contributed by atoms with E-state index >= 15 is 0 Å². The van der Waals surface area contributed by atoms with Crippen molar-refractivity contribution < 1.29 is 39.8 Å². The molecule has 1 saturated heterocycles. The molecule has 0 radical (unpaired) electrons. The van der Waals surface area contributed by atoms with Crippen LogP contribution in [0.4, 0.5) is 0 Å². The molecule has 1 rings (SSSR count). The number of rotatable bonds is 44. The zero-order valence-corrected chi connectivity index (χ0v) is 41.5. The van der Waals surface area contributed by atoms with Gasteiger partial charge in [-0.15, -0.1) is 0 Å². The van der Waals surface area contributed by atoms with Crippen molar-refractivity contribution in [3.63, 3.8) is 0 Å². The highest BCUT2D eigenvalue weighted by atomic mass is 16.7. The Hall–Kier alpha value is -2.37. The molecule has 0 aliphatic carbocycles. The Morgan fingerprint density at radius 1 is 0.538 bits per heavy atom. The van der Waals surface area contributed by atoms with Crippen molar-refractivity contribution in [2.45, 2.75) is 262 Å². The predicted octanol–water partition coefficient (Wildman–Crippen LogP) is 12.5. The number of hydrogen-bond acceptors (Lipinski definition) is 8. The zero-order valence-electron chi connectivity index (χ0n) is 41.5. The van der Waals surface area contributed by atoms with Crippen molar-refractivity contribution in [3.05, 3.63) is 72.9 Å². The molecule has 1 heterocycles. The van der Waals surface area contributed by atoms with E-state index in [-0.39, 0.29) is 12.5 Å². The number of hydrogen-bond donors (Lipinski definition) is 6. The maximum Gasteiger partial charge on any atom is 0.220 e. The molecular formula is C56H99NO8. The van der Waals surface area contributed by atoms with E-state index in [1.807, 2.05) is 6.08 Å². The van der Waals surface area contributed by atoms with Crippen molar-refractivity contribution >= 4 is 5.91 Å². The van der Waals surface area contributed by atoms with E-state index in [0.29, 0.717) is 6.42 Å². The number of unbranched alkanes of at least 4 members (excludes halogenated alkanes) is 24. The monoisotopic (exact) mass is 914 g/mol. The van der Waals surface area contributed by atoms with Crippen LogP contribution in [0.5, 0.6) is 0 Å². The SMILES string of the molecule is CC/C=C\C/C=C\C/C=C\C/C=C\C/C=C\CCCCCCCCCC(=O)NC(COC1OC(CO)C(O)C(O)C1O)C(O)/C=C/CCCCCCCCCCCCCCCCCCC. The summed E-state index contributed by atoms with van der Waals surface area (Å²) in [6.07, 6.45) is 55.1. The van der Waals surface area contributed by atoms with E-state index < -0.39 is 49.5 Å². The summed E-state index contributed by atoms with van der Waals surface area (Å²) in [6.45, 7) is 3.66. The van der Waals surface area contributed by atoms with Crippen molar-refractivity contribution in [1.82, 2.24) is 5.32 Å². The molecule has 1 amide bonds. The molecule has 7 unspecified atom stereocenters. The van der Waals surface area contributed by atoms with Gasteiger partial charge in [-0.2, -0.15) is 0 Å². The van der Waals surface area contributed by atoms with Crippen molar-refractivity contribution in [2.24, 2.45) is 0 Å². The van der Waals surface area contributed by atoms with Gasteiger partial charge in [-0.25, -0.2) is 0 Å². The molecule has 0 aromatic rings.